The van der Waals surface area contributed by atoms with Gasteiger partial charge in [-0.3, -0.25) is 4.79 Å². The van der Waals surface area contributed by atoms with Gasteiger partial charge in [0.1, 0.15) is 5.75 Å². The van der Waals surface area contributed by atoms with Gasteiger partial charge in [0.05, 0.1) is 13.7 Å². The van der Waals surface area contributed by atoms with Crippen molar-refractivity contribution >= 4 is 29.0 Å². The van der Waals surface area contributed by atoms with E-state index >= 15 is 0 Å². The molecule has 1 aliphatic carbocycles. The van der Waals surface area contributed by atoms with Crippen molar-refractivity contribution in [3.05, 3.63) is 61.4 Å². The summed E-state index contributed by atoms with van der Waals surface area (Å²) in [5, 5.41) is 9.32. The number of urea groups is 1. The molecule has 1 heterocycles. The van der Waals surface area contributed by atoms with Crippen LogP contribution in [0, 0.1) is 34.1 Å². The first-order valence-corrected chi connectivity index (χ1v) is 11.6. The first-order valence-electron chi connectivity index (χ1n) is 11.6. The topological polar surface area (TPSA) is 82.7 Å². The predicted molar refractivity (Wildman–Crippen MR) is 138 cm³/mol. The molecule has 7 nitrogen and oxygen atoms in total. The molecular weight excluding hydrogens is 435 g/mol. The number of amides is 3. The number of benzene rings is 2. The third kappa shape index (κ3) is 6.34. The van der Waals surface area contributed by atoms with E-state index in [1.165, 1.54) is 0 Å². The summed E-state index contributed by atoms with van der Waals surface area (Å²) in [6, 6.07) is 9.82. The average molecular weight is 472 g/mol. The second kappa shape index (κ2) is 12.4. The summed E-state index contributed by atoms with van der Waals surface area (Å²) in [4.78, 5) is 27.6. The molecule has 0 bridgehead atoms. The van der Waals surface area contributed by atoms with Gasteiger partial charge in [-0.25, -0.2) is 4.79 Å². The molecule has 35 heavy (non-hydrogen) atoms. The third-order valence-corrected chi connectivity index (χ3v) is 6.80. The van der Waals surface area contributed by atoms with Crippen molar-refractivity contribution in [2.75, 3.05) is 29.6 Å². The van der Waals surface area contributed by atoms with Crippen molar-refractivity contribution < 1.29 is 33.2 Å². The molecule has 0 unspecified atom stereocenters. The summed E-state index contributed by atoms with van der Waals surface area (Å²) in [7, 11) is 1.64. The molecule has 184 valence electrons. The van der Waals surface area contributed by atoms with E-state index in [-0.39, 0.29) is 50.2 Å². The Bertz CT molecular complexity index is 1050. The predicted octanol–water partition coefficient (Wildman–Crippen LogP) is 2.56. The minimum absolute atomic E-state index is 0. The summed E-state index contributed by atoms with van der Waals surface area (Å²) in [6.45, 7) is 9.05. The molecule has 0 radical (unpaired) electrons. The van der Waals surface area contributed by atoms with Gasteiger partial charge in [0.2, 0.25) is 5.91 Å². The average Bonchev–Trinajstić information content (AvgIpc) is 2.79. The molecule has 2 aromatic rings. The molecule has 0 spiro atoms. The van der Waals surface area contributed by atoms with Gasteiger partial charge in [0.25, 0.3) is 0 Å². The molecule has 2 aromatic carbocycles. The molecule has 3 N–H and O–H groups in total. The second-order valence-electron chi connectivity index (χ2n) is 8.98. The number of carbonyl (C=O) groups is 2. The molecule has 0 atom stereocenters. The quantitative estimate of drug-likeness (QED) is 0.447. The molecule has 0 aromatic heterocycles. The van der Waals surface area contributed by atoms with Gasteiger partial charge in [0.15, 0.2) is 0 Å². The maximum Gasteiger partial charge on any atom is 1.00 e. The molecule has 0 saturated heterocycles. The monoisotopic (exact) mass is 471 g/mol. The Labute approximate surface area is 221 Å². The standard InChI is InChI=1S/C26H33N4O3.CH3.Li/c1-5-27-20-12-16(2)22-15-30(26(32)29-23(22)14-20)21-9-6-18(7-10-21)25(31)28-19-8-11-24(33-4)17(3)13-19;;/h8,11-14,18,21,27H,1,5-7,9-10,15H2,2-4H3,(H,28,31)(H,29,32);1H3;/q2*-1;+1. The van der Waals surface area contributed by atoms with Crippen LogP contribution in [-0.2, 0) is 11.3 Å². The third-order valence-electron chi connectivity index (χ3n) is 6.80. The van der Waals surface area contributed by atoms with E-state index in [4.69, 9.17) is 4.74 Å². The molecule has 3 amide bonds. The van der Waals surface area contributed by atoms with Crippen LogP contribution in [0.3, 0.4) is 0 Å². The van der Waals surface area contributed by atoms with Crippen molar-refractivity contribution in [1.29, 1.82) is 0 Å². The largest absolute Gasteiger partial charge is 1.00 e. The van der Waals surface area contributed by atoms with Crippen LogP contribution < -0.4 is 39.5 Å². The summed E-state index contributed by atoms with van der Waals surface area (Å²) in [6.07, 6.45) is 3.19. The Balaban J connectivity index is 0.00000216. The number of nitrogens with one attached hydrogen (secondary N) is 3. The summed E-state index contributed by atoms with van der Waals surface area (Å²) in [5.74, 6) is 0.814. The minimum atomic E-state index is -0.0599. The van der Waals surface area contributed by atoms with Crippen molar-refractivity contribution in [3.63, 3.8) is 0 Å². The Hall–Kier alpha value is -2.62. The number of methoxy groups -OCH3 is 1. The SMILES string of the molecule is [CH2-]CNc1cc(C)c2c(c1)NC(=O)N(C1CCC(C(=O)Nc3ccc(OC)c(C)c3)CC1)C2.[CH3-].[Li+]. The number of rotatable bonds is 6. The Morgan fingerprint density at radius 1 is 1.11 bits per heavy atom. The molecule has 1 saturated carbocycles. The molecule has 2 aliphatic rings. The zero-order valence-electron chi connectivity index (χ0n) is 21.7. The van der Waals surface area contributed by atoms with E-state index in [9.17, 15) is 9.59 Å². The molecule has 4 rings (SSSR count). The van der Waals surface area contributed by atoms with Crippen LogP contribution >= 0.6 is 0 Å². The first-order chi connectivity index (χ1) is 15.9. The van der Waals surface area contributed by atoms with E-state index in [2.05, 4.69) is 35.9 Å². The summed E-state index contributed by atoms with van der Waals surface area (Å²) >= 11 is 0. The van der Waals surface area contributed by atoms with Gasteiger partial charge in [-0.05, 0) is 86.6 Å². The fraction of sp³-hybridized carbons (Fsp3) is 0.407. The maximum absolute atomic E-state index is 12.9. The molecule has 1 fully saturated rings. The van der Waals surface area contributed by atoms with Gasteiger partial charge >= 0.3 is 24.9 Å². The maximum atomic E-state index is 12.9. The zero-order chi connectivity index (χ0) is 23.5. The normalized spacial score (nSPS) is 18.9. The fourth-order valence-corrected chi connectivity index (χ4v) is 4.96. The van der Waals surface area contributed by atoms with Crippen molar-refractivity contribution in [2.45, 2.75) is 52.1 Å². The van der Waals surface area contributed by atoms with Crippen molar-refractivity contribution in [2.24, 2.45) is 5.92 Å². The van der Waals surface area contributed by atoms with Crippen LogP contribution in [0.25, 0.3) is 0 Å². The van der Waals surface area contributed by atoms with E-state index in [0.717, 1.165) is 65.2 Å². The van der Waals surface area contributed by atoms with Crippen LogP contribution in [0.4, 0.5) is 21.9 Å². The van der Waals surface area contributed by atoms with Gasteiger partial charge < -0.3 is 39.9 Å². The summed E-state index contributed by atoms with van der Waals surface area (Å²) in [5.41, 5.74) is 5.91. The number of carbonyl (C=O) groups excluding carboxylic acids is 2. The Morgan fingerprint density at radius 2 is 1.80 bits per heavy atom. The number of ether oxygens (including phenoxy) is 1. The van der Waals surface area contributed by atoms with E-state index in [1.54, 1.807) is 7.11 Å². The van der Waals surface area contributed by atoms with Crippen LogP contribution in [0.2, 0.25) is 0 Å². The molecule has 1 aliphatic heterocycles. The number of nitrogens with zero attached hydrogens (tertiary/aromatic N) is 1. The van der Waals surface area contributed by atoms with E-state index < -0.39 is 0 Å². The number of anilines is 3. The fourth-order valence-electron chi connectivity index (χ4n) is 4.96. The van der Waals surface area contributed by atoms with E-state index in [1.807, 2.05) is 36.1 Å². The Kier molecular flexibility index (Phi) is 10.1. The zero-order valence-corrected chi connectivity index (χ0v) is 21.7. The number of hydrogen-bond acceptors (Lipinski definition) is 4. The van der Waals surface area contributed by atoms with Crippen LogP contribution in [0.1, 0.15) is 42.4 Å². The van der Waals surface area contributed by atoms with Gasteiger partial charge in [-0.15, -0.1) is 6.54 Å². The first kappa shape index (κ1) is 28.6. The van der Waals surface area contributed by atoms with Crippen LogP contribution in [0.5, 0.6) is 5.75 Å². The smallest absolute Gasteiger partial charge is 0.496 e. The molecule has 8 heteroatoms. The minimum Gasteiger partial charge on any atom is -0.496 e. The number of aryl methyl sites for hydroxylation is 2. The van der Waals surface area contributed by atoms with Crippen molar-refractivity contribution in [1.82, 2.24) is 4.90 Å². The van der Waals surface area contributed by atoms with Crippen LogP contribution in [-0.4, -0.2) is 36.5 Å². The number of fused-ring (bicyclic) bond motifs is 1. The Morgan fingerprint density at radius 3 is 2.43 bits per heavy atom. The van der Waals surface area contributed by atoms with Gasteiger partial charge in [-0.2, -0.15) is 0 Å². The van der Waals surface area contributed by atoms with Crippen molar-refractivity contribution in [3.8, 4) is 5.75 Å². The molecular formula is C27H36LiN4O3-. The van der Waals surface area contributed by atoms with Crippen LogP contribution in [0.15, 0.2) is 30.3 Å². The second-order valence-corrected chi connectivity index (χ2v) is 8.98. The van der Waals surface area contributed by atoms with Gasteiger partial charge in [-0.1, -0.05) is 0 Å². The summed E-state index contributed by atoms with van der Waals surface area (Å²) < 4.78 is 5.29. The number of hydrogen-bond donors (Lipinski definition) is 3. The van der Waals surface area contributed by atoms with E-state index in [0.29, 0.717) is 13.1 Å². The van der Waals surface area contributed by atoms with Gasteiger partial charge in [0, 0.05) is 29.0 Å².